The molecule has 21 heavy (non-hydrogen) atoms. The van der Waals surface area contributed by atoms with E-state index >= 15 is 0 Å². The number of anilines is 1. The number of methoxy groups -OCH3 is 1. The van der Waals surface area contributed by atoms with Crippen molar-refractivity contribution in [3.05, 3.63) is 23.2 Å². The summed E-state index contributed by atoms with van der Waals surface area (Å²) in [6, 6.07) is 5.28. The largest absolute Gasteiger partial charge is 0.495 e. The van der Waals surface area contributed by atoms with Crippen LogP contribution in [0.3, 0.4) is 0 Å². The standard InChI is InChI=1S/C16H23ClN2O2/c1-3-9-19-10-5-4-6-14(19)16(20)18-12-7-8-15(21-2)13(17)11-12/h7-8,11,14H,3-6,9-10H2,1-2H3,(H,18,20). The molecule has 1 heterocycles. The summed E-state index contributed by atoms with van der Waals surface area (Å²) in [5, 5.41) is 3.48. The van der Waals surface area contributed by atoms with Gasteiger partial charge in [-0.2, -0.15) is 0 Å². The fourth-order valence-electron chi connectivity index (χ4n) is 2.81. The molecule has 1 aromatic carbocycles. The molecule has 1 aliphatic rings. The molecule has 1 aliphatic heterocycles. The number of rotatable bonds is 5. The molecule has 4 nitrogen and oxygen atoms in total. The second-order valence-corrected chi connectivity index (χ2v) is 5.79. The van der Waals surface area contributed by atoms with Gasteiger partial charge in [0.2, 0.25) is 5.91 Å². The van der Waals surface area contributed by atoms with E-state index in [2.05, 4.69) is 17.1 Å². The molecule has 1 aromatic rings. The van der Waals surface area contributed by atoms with Crippen LogP contribution in [0, 0.1) is 0 Å². The summed E-state index contributed by atoms with van der Waals surface area (Å²) in [5.41, 5.74) is 0.716. The number of piperidine rings is 1. The van der Waals surface area contributed by atoms with Gasteiger partial charge < -0.3 is 10.1 Å². The highest BCUT2D eigenvalue weighted by molar-refractivity contribution is 6.32. The first-order valence-electron chi connectivity index (χ1n) is 7.54. The quantitative estimate of drug-likeness (QED) is 0.904. The number of nitrogens with zero attached hydrogens (tertiary/aromatic N) is 1. The number of nitrogens with one attached hydrogen (secondary N) is 1. The van der Waals surface area contributed by atoms with E-state index < -0.39 is 0 Å². The van der Waals surface area contributed by atoms with E-state index in [1.807, 2.05) is 6.07 Å². The molecule has 1 atom stereocenters. The average Bonchev–Trinajstić information content (AvgIpc) is 2.48. The Morgan fingerprint density at radius 3 is 2.95 bits per heavy atom. The zero-order valence-corrected chi connectivity index (χ0v) is 13.4. The van der Waals surface area contributed by atoms with E-state index in [9.17, 15) is 4.79 Å². The number of amides is 1. The smallest absolute Gasteiger partial charge is 0.241 e. The maximum atomic E-state index is 12.5. The molecule has 0 saturated carbocycles. The average molecular weight is 311 g/mol. The molecule has 1 saturated heterocycles. The van der Waals surface area contributed by atoms with Crippen LogP contribution in [-0.2, 0) is 4.79 Å². The van der Waals surface area contributed by atoms with Crippen LogP contribution in [0.2, 0.25) is 5.02 Å². The zero-order valence-electron chi connectivity index (χ0n) is 12.7. The van der Waals surface area contributed by atoms with Gasteiger partial charge in [-0.05, 0) is 50.6 Å². The normalized spacial score (nSPS) is 19.3. The number of benzene rings is 1. The van der Waals surface area contributed by atoms with E-state index in [-0.39, 0.29) is 11.9 Å². The van der Waals surface area contributed by atoms with Crippen molar-refractivity contribution < 1.29 is 9.53 Å². The van der Waals surface area contributed by atoms with Gasteiger partial charge in [-0.25, -0.2) is 0 Å². The van der Waals surface area contributed by atoms with Gasteiger partial charge in [0, 0.05) is 5.69 Å². The monoisotopic (exact) mass is 310 g/mol. The Kier molecular flexibility index (Phi) is 5.88. The van der Waals surface area contributed by atoms with Crippen LogP contribution in [0.15, 0.2) is 18.2 Å². The fraction of sp³-hybridized carbons (Fsp3) is 0.562. The number of likely N-dealkylation sites (tertiary alicyclic amines) is 1. The SMILES string of the molecule is CCCN1CCCCC1C(=O)Nc1ccc(OC)c(Cl)c1. The number of hydrogen-bond donors (Lipinski definition) is 1. The first-order chi connectivity index (χ1) is 10.2. The van der Waals surface area contributed by atoms with Crippen LogP contribution in [-0.4, -0.2) is 37.0 Å². The van der Waals surface area contributed by atoms with Crippen LogP contribution in [0.4, 0.5) is 5.69 Å². The van der Waals surface area contributed by atoms with Gasteiger partial charge in [-0.15, -0.1) is 0 Å². The summed E-state index contributed by atoms with van der Waals surface area (Å²) >= 11 is 6.09. The minimum atomic E-state index is -0.0282. The molecule has 0 radical (unpaired) electrons. The highest BCUT2D eigenvalue weighted by Crippen LogP contribution is 2.27. The predicted molar refractivity (Wildman–Crippen MR) is 86.1 cm³/mol. The lowest BCUT2D eigenvalue weighted by molar-refractivity contribution is -0.122. The molecular weight excluding hydrogens is 288 g/mol. The third-order valence-electron chi connectivity index (χ3n) is 3.85. The molecule has 1 fully saturated rings. The molecular formula is C16H23ClN2O2. The first-order valence-corrected chi connectivity index (χ1v) is 7.92. The topological polar surface area (TPSA) is 41.6 Å². The van der Waals surface area contributed by atoms with Gasteiger partial charge in [0.15, 0.2) is 0 Å². The van der Waals surface area contributed by atoms with Gasteiger partial charge in [-0.1, -0.05) is 24.9 Å². The molecule has 2 rings (SSSR count). The van der Waals surface area contributed by atoms with Crippen molar-refractivity contribution in [1.82, 2.24) is 4.90 Å². The number of halogens is 1. The lowest BCUT2D eigenvalue weighted by Gasteiger charge is -2.34. The maximum absolute atomic E-state index is 12.5. The van der Waals surface area contributed by atoms with Gasteiger partial charge in [-0.3, -0.25) is 9.69 Å². The van der Waals surface area contributed by atoms with Crippen molar-refractivity contribution in [1.29, 1.82) is 0 Å². The molecule has 0 aliphatic carbocycles. The summed E-state index contributed by atoms with van der Waals surface area (Å²) < 4.78 is 5.12. The van der Waals surface area contributed by atoms with Gasteiger partial charge in [0.1, 0.15) is 5.75 Å². The molecule has 0 bridgehead atoms. The Balaban J connectivity index is 2.04. The van der Waals surface area contributed by atoms with Crippen LogP contribution < -0.4 is 10.1 Å². The fourth-order valence-corrected chi connectivity index (χ4v) is 3.07. The molecule has 5 heteroatoms. The molecule has 1 amide bonds. The van der Waals surface area contributed by atoms with Crippen molar-refractivity contribution in [3.8, 4) is 5.75 Å². The lowest BCUT2D eigenvalue weighted by Crippen LogP contribution is -2.47. The second-order valence-electron chi connectivity index (χ2n) is 5.39. The summed E-state index contributed by atoms with van der Waals surface area (Å²) in [6.45, 7) is 4.13. The Bertz CT molecular complexity index is 491. The highest BCUT2D eigenvalue weighted by atomic mass is 35.5. The second kappa shape index (κ2) is 7.66. The number of carbonyl (C=O) groups excluding carboxylic acids is 1. The van der Waals surface area contributed by atoms with Gasteiger partial charge in [0.25, 0.3) is 0 Å². The third kappa shape index (κ3) is 4.11. The number of hydrogen-bond acceptors (Lipinski definition) is 3. The summed E-state index contributed by atoms with van der Waals surface area (Å²) in [6.07, 6.45) is 4.29. The minimum absolute atomic E-state index is 0.0282. The van der Waals surface area contributed by atoms with Crippen molar-refractivity contribution in [3.63, 3.8) is 0 Å². The predicted octanol–water partition coefficient (Wildman–Crippen LogP) is 3.55. The van der Waals surface area contributed by atoms with E-state index in [1.165, 1.54) is 6.42 Å². The number of ether oxygens (including phenoxy) is 1. The molecule has 0 aromatic heterocycles. The molecule has 0 spiro atoms. The highest BCUT2D eigenvalue weighted by Gasteiger charge is 2.28. The molecule has 1 N–H and O–H groups in total. The van der Waals surface area contributed by atoms with Crippen LogP contribution >= 0.6 is 11.6 Å². The van der Waals surface area contributed by atoms with Gasteiger partial charge >= 0.3 is 0 Å². The Morgan fingerprint density at radius 2 is 2.29 bits per heavy atom. The Hall–Kier alpha value is -1.26. The van der Waals surface area contributed by atoms with Gasteiger partial charge in [0.05, 0.1) is 18.2 Å². The molecule has 1 unspecified atom stereocenters. The van der Waals surface area contributed by atoms with Crippen molar-refractivity contribution >= 4 is 23.2 Å². The van der Waals surface area contributed by atoms with E-state index in [1.54, 1.807) is 19.2 Å². The van der Waals surface area contributed by atoms with Crippen molar-refractivity contribution in [2.24, 2.45) is 0 Å². The van der Waals surface area contributed by atoms with Crippen molar-refractivity contribution in [2.75, 3.05) is 25.5 Å². The summed E-state index contributed by atoms with van der Waals surface area (Å²) in [7, 11) is 1.57. The van der Waals surface area contributed by atoms with E-state index in [4.69, 9.17) is 16.3 Å². The van der Waals surface area contributed by atoms with Crippen molar-refractivity contribution in [2.45, 2.75) is 38.6 Å². The third-order valence-corrected chi connectivity index (χ3v) is 4.14. The number of carbonyl (C=O) groups is 1. The lowest BCUT2D eigenvalue weighted by atomic mass is 10.0. The van der Waals surface area contributed by atoms with E-state index in [0.717, 1.165) is 32.4 Å². The van der Waals surface area contributed by atoms with Crippen LogP contribution in [0.25, 0.3) is 0 Å². The Labute approximate surface area is 131 Å². The van der Waals surface area contributed by atoms with E-state index in [0.29, 0.717) is 16.5 Å². The minimum Gasteiger partial charge on any atom is -0.495 e. The Morgan fingerprint density at radius 1 is 1.48 bits per heavy atom. The van der Waals surface area contributed by atoms with Crippen LogP contribution in [0.5, 0.6) is 5.75 Å². The first kappa shape index (κ1) is 16.1. The maximum Gasteiger partial charge on any atom is 0.241 e. The van der Waals surface area contributed by atoms with Crippen LogP contribution in [0.1, 0.15) is 32.6 Å². The summed E-state index contributed by atoms with van der Waals surface area (Å²) in [5.74, 6) is 0.671. The zero-order chi connectivity index (χ0) is 15.2. The summed E-state index contributed by atoms with van der Waals surface area (Å²) in [4.78, 5) is 14.8. The molecule has 116 valence electrons.